The van der Waals surface area contributed by atoms with E-state index in [0.29, 0.717) is 12.1 Å². The average Bonchev–Trinajstić information content (AvgIpc) is 2.46. The van der Waals surface area contributed by atoms with Crippen LogP contribution in [0.2, 0.25) is 0 Å². The molecule has 3 nitrogen and oxygen atoms in total. The van der Waals surface area contributed by atoms with E-state index in [9.17, 15) is 9.90 Å². The van der Waals surface area contributed by atoms with Gasteiger partial charge in [0, 0.05) is 12.1 Å². The van der Waals surface area contributed by atoms with Crippen LogP contribution in [-0.2, 0) is 6.42 Å². The number of aryl methyl sites for hydroxylation is 1. The molecular formula is C16H17NO2. The van der Waals surface area contributed by atoms with Crippen LogP contribution in [0.25, 0.3) is 0 Å². The fourth-order valence-corrected chi connectivity index (χ4v) is 1.85. The molecule has 0 aromatic heterocycles. The number of nitrogens with one attached hydrogen (secondary N) is 1. The van der Waals surface area contributed by atoms with Crippen LogP contribution in [-0.4, -0.2) is 17.6 Å². The van der Waals surface area contributed by atoms with Gasteiger partial charge in [0.2, 0.25) is 0 Å². The summed E-state index contributed by atoms with van der Waals surface area (Å²) >= 11 is 0. The molecule has 0 spiro atoms. The Morgan fingerprint density at radius 2 is 1.68 bits per heavy atom. The first-order valence-corrected chi connectivity index (χ1v) is 6.37. The fourth-order valence-electron chi connectivity index (χ4n) is 1.85. The number of carbonyl (C=O) groups excluding carboxylic acids is 1. The summed E-state index contributed by atoms with van der Waals surface area (Å²) in [6.45, 7) is 0.647. The Morgan fingerprint density at radius 1 is 1.00 bits per heavy atom. The molecule has 2 N–H and O–H groups in total. The molecule has 98 valence electrons. The minimum absolute atomic E-state index is 0.0358. The first-order valence-electron chi connectivity index (χ1n) is 6.37. The van der Waals surface area contributed by atoms with Crippen molar-refractivity contribution < 1.29 is 9.90 Å². The lowest BCUT2D eigenvalue weighted by molar-refractivity contribution is 0.0953. The third kappa shape index (κ3) is 4.14. The number of phenolic OH excluding ortho intramolecular Hbond substituents is 1. The van der Waals surface area contributed by atoms with Gasteiger partial charge in [0.05, 0.1) is 0 Å². The van der Waals surface area contributed by atoms with E-state index in [4.69, 9.17) is 0 Å². The molecule has 0 aliphatic rings. The standard InChI is InChI=1S/C16H17NO2/c18-15-10-8-13(9-11-15)5-4-12-17-16(19)14-6-2-1-3-7-14/h1-3,6-11,18H,4-5,12H2,(H,17,19). The summed E-state index contributed by atoms with van der Waals surface area (Å²) in [6.07, 6.45) is 1.76. The highest BCUT2D eigenvalue weighted by Gasteiger charge is 2.02. The Balaban J connectivity index is 1.72. The maximum Gasteiger partial charge on any atom is 0.251 e. The highest BCUT2D eigenvalue weighted by atomic mass is 16.3. The summed E-state index contributed by atoms with van der Waals surface area (Å²) in [5.74, 6) is 0.243. The topological polar surface area (TPSA) is 49.3 Å². The predicted molar refractivity (Wildman–Crippen MR) is 75.2 cm³/mol. The molecule has 0 atom stereocenters. The number of aromatic hydroxyl groups is 1. The molecular weight excluding hydrogens is 238 g/mol. The zero-order valence-electron chi connectivity index (χ0n) is 10.7. The van der Waals surface area contributed by atoms with Crippen LogP contribution in [0, 0.1) is 0 Å². The van der Waals surface area contributed by atoms with Crippen molar-refractivity contribution in [1.29, 1.82) is 0 Å². The van der Waals surface area contributed by atoms with Gasteiger partial charge in [-0.05, 0) is 42.7 Å². The normalized spacial score (nSPS) is 10.1. The van der Waals surface area contributed by atoms with Crippen LogP contribution in [0.15, 0.2) is 54.6 Å². The molecule has 1 amide bonds. The third-order valence-electron chi connectivity index (χ3n) is 2.90. The van der Waals surface area contributed by atoms with E-state index in [-0.39, 0.29) is 11.7 Å². The SMILES string of the molecule is O=C(NCCCc1ccc(O)cc1)c1ccccc1. The maximum atomic E-state index is 11.8. The molecule has 0 heterocycles. The van der Waals surface area contributed by atoms with Crippen LogP contribution in [0.1, 0.15) is 22.3 Å². The molecule has 3 heteroatoms. The number of hydrogen-bond donors (Lipinski definition) is 2. The van der Waals surface area contributed by atoms with E-state index < -0.39 is 0 Å². The van der Waals surface area contributed by atoms with Gasteiger partial charge in [-0.2, -0.15) is 0 Å². The summed E-state index contributed by atoms with van der Waals surface area (Å²) < 4.78 is 0. The summed E-state index contributed by atoms with van der Waals surface area (Å²) in [7, 11) is 0. The van der Waals surface area contributed by atoms with Gasteiger partial charge >= 0.3 is 0 Å². The van der Waals surface area contributed by atoms with Crippen LogP contribution >= 0.6 is 0 Å². The Hall–Kier alpha value is -2.29. The van der Waals surface area contributed by atoms with E-state index in [1.807, 2.05) is 30.3 Å². The highest BCUT2D eigenvalue weighted by Crippen LogP contribution is 2.10. The van der Waals surface area contributed by atoms with Crippen molar-refractivity contribution in [3.05, 3.63) is 65.7 Å². The van der Waals surface area contributed by atoms with Crippen LogP contribution in [0.3, 0.4) is 0 Å². The molecule has 2 rings (SSSR count). The van der Waals surface area contributed by atoms with Crippen molar-refractivity contribution >= 4 is 5.91 Å². The van der Waals surface area contributed by atoms with Gasteiger partial charge in [-0.15, -0.1) is 0 Å². The molecule has 2 aromatic rings. The molecule has 0 saturated heterocycles. The van der Waals surface area contributed by atoms with Crippen LogP contribution in [0.4, 0.5) is 0 Å². The summed E-state index contributed by atoms with van der Waals surface area (Å²) in [6, 6.07) is 16.3. The second-order valence-corrected chi connectivity index (χ2v) is 4.39. The molecule has 0 fully saturated rings. The second kappa shape index (κ2) is 6.59. The van der Waals surface area contributed by atoms with E-state index >= 15 is 0 Å². The quantitative estimate of drug-likeness (QED) is 0.807. The molecule has 0 unspecified atom stereocenters. The lowest BCUT2D eigenvalue weighted by Gasteiger charge is -2.05. The number of hydrogen-bond acceptors (Lipinski definition) is 2. The van der Waals surface area contributed by atoms with E-state index in [1.54, 1.807) is 24.3 Å². The van der Waals surface area contributed by atoms with Crippen LogP contribution in [0.5, 0.6) is 5.75 Å². The Kier molecular flexibility index (Phi) is 4.56. The van der Waals surface area contributed by atoms with Crippen molar-refractivity contribution in [2.75, 3.05) is 6.54 Å². The van der Waals surface area contributed by atoms with E-state index in [1.165, 1.54) is 0 Å². The monoisotopic (exact) mass is 255 g/mol. The summed E-state index contributed by atoms with van der Waals surface area (Å²) in [4.78, 5) is 11.8. The molecule has 0 bridgehead atoms. The maximum absolute atomic E-state index is 11.8. The smallest absolute Gasteiger partial charge is 0.251 e. The number of rotatable bonds is 5. The summed E-state index contributed by atoms with van der Waals surface area (Å²) in [5, 5.41) is 12.1. The summed E-state index contributed by atoms with van der Waals surface area (Å²) in [5.41, 5.74) is 1.85. The first kappa shape index (κ1) is 13.1. The minimum Gasteiger partial charge on any atom is -0.508 e. The number of phenols is 1. The Bertz CT molecular complexity index is 520. The minimum atomic E-state index is -0.0358. The molecule has 0 aliphatic carbocycles. The predicted octanol–water partition coefficient (Wildman–Crippen LogP) is 2.75. The molecule has 19 heavy (non-hydrogen) atoms. The van der Waals surface area contributed by atoms with Gasteiger partial charge in [-0.3, -0.25) is 4.79 Å². The van der Waals surface area contributed by atoms with Crippen molar-refractivity contribution in [2.24, 2.45) is 0 Å². The van der Waals surface area contributed by atoms with E-state index in [0.717, 1.165) is 18.4 Å². The van der Waals surface area contributed by atoms with Crippen molar-refractivity contribution in [2.45, 2.75) is 12.8 Å². The van der Waals surface area contributed by atoms with Gasteiger partial charge < -0.3 is 10.4 Å². The number of amides is 1. The fraction of sp³-hybridized carbons (Fsp3) is 0.188. The third-order valence-corrected chi connectivity index (χ3v) is 2.90. The van der Waals surface area contributed by atoms with Crippen molar-refractivity contribution in [1.82, 2.24) is 5.32 Å². The zero-order valence-corrected chi connectivity index (χ0v) is 10.7. The lowest BCUT2D eigenvalue weighted by atomic mass is 10.1. The Labute approximate surface area is 112 Å². The lowest BCUT2D eigenvalue weighted by Crippen LogP contribution is -2.24. The highest BCUT2D eigenvalue weighted by molar-refractivity contribution is 5.94. The van der Waals surface area contributed by atoms with Gasteiger partial charge in [0.25, 0.3) is 5.91 Å². The van der Waals surface area contributed by atoms with Crippen molar-refractivity contribution in [3.8, 4) is 5.75 Å². The average molecular weight is 255 g/mol. The molecule has 2 aromatic carbocycles. The molecule has 0 radical (unpaired) electrons. The number of carbonyl (C=O) groups is 1. The van der Waals surface area contributed by atoms with E-state index in [2.05, 4.69) is 5.32 Å². The van der Waals surface area contributed by atoms with Gasteiger partial charge in [-0.1, -0.05) is 30.3 Å². The Morgan fingerprint density at radius 3 is 2.37 bits per heavy atom. The van der Waals surface area contributed by atoms with Crippen molar-refractivity contribution in [3.63, 3.8) is 0 Å². The largest absolute Gasteiger partial charge is 0.508 e. The zero-order chi connectivity index (χ0) is 13.5. The van der Waals surface area contributed by atoms with Gasteiger partial charge in [0.15, 0.2) is 0 Å². The first-order chi connectivity index (χ1) is 9.25. The molecule has 0 saturated carbocycles. The van der Waals surface area contributed by atoms with Crippen LogP contribution < -0.4 is 5.32 Å². The van der Waals surface area contributed by atoms with Gasteiger partial charge in [-0.25, -0.2) is 0 Å². The second-order valence-electron chi connectivity index (χ2n) is 4.39. The van der Waals surface area contributed by atoms with Gasteiger partial charge in [0.1, 0.15) is 5.75 Å². The molecule has 0 aliphatic heterocycles. The number of benzene rings is 2.